The number of piperidine rings is 2. The molecule has 11 nitrogen and oxygen atoms in total. The number of nitrogens with zero attached hydrogens (tertiary/aromatic N) is 8. The highest BCUT2D eigenvalue weighted by Crippen LogP contribution is 2.34. The molecule has 10 rings (SSSR count). The maximum Gasteiger partial charge on any atom is 0.229 e. The second kappa shape index (κ2) is 17.0. The van der Waals surface area contributed by atoms with E-state index in [9.17, 15) is 15.0 Å². The fraction of sp³-hybridized carbons (Fsp3) is 0.367. The zero-order valence-electron chi connectivity index (χ0n) is 34.0. The van der Waals surface area contributed by atoms with Gasteiger partial charge in [-0.25, -0.2) is 10.0 Å². The molecule has 4 aromatic carbocycles. The van der Waals surface area contributed by atoms with Crippen LogP contribution in [0.1, 0.15) is 58.6 Å². The molecule has 2 unspecified atom stereocenters. The second-order valence-corrected chi connectivity index (χ2v) is 17.0. The number of benzene rings is 4. The second-order valence-electron chi connectivity index (χ2n) is 17.0. The molecule has 0 aromatic heterocycles. The summed E-state index contributed by atoms with van der Waals surface area (Å²) in [5.41, 5.74) is 8.12. The van der Waals surface area contributed by atoms with Gasteiger partial charge < -0.3 is 10.2 Å². The molecule has 11 heteroatoms. The van der Waals surface area contributed by atoms with Crippen LogP contribution in [-0.2, 0) is 30.7 Å². The standard InChI is InChI=1S/C49H54N8O3/c58-45-33-54(27-23-43(45)52-25-19-35-11-7-9-17-39(35)31-52)56-29-21-41(50-48(56)37-13-3-1-4-14-37)47(60)42-22-30-57(49(51-42)38-15-5-2-6-16-38)55-28-24-44(46(59)34-55)53-26-20-36-12-8-10-18-40(36)32-53/h1-18,21-22,29-30,43-46,48-49,58-59H,19-20,23-28,31-34H2/t43-,44-,45-,46-,48?,49?/m1/s1. The van der Waals surface area contributed by atoms with Gasteiger partial charge in [0.2, 0.25) is 5.78 Å². The van der Waals surface area contributed by atoms with Crippen molar-refractivity contribution in [2.24, 2.45) is 9.98 Å². The van der Waals surface area contributed by atoms with E-state index in [1.54, 1.807) is 12.2 Å². The smallest absolute Gasteiger partial charge is 0.229 e. The van der Waals surface area contributed by atoms with Gasteiger partial charge in [0, 0.05) is 76.8 Å². The first kappa shape index (κ1) is 38.9. The third-order valence-electron chi connectivity index (χ3n) is 13.4. The van der Waals surface area contributed by atoms with Crippen molar-refractivity contribution in [3.05, 3.63) is 167 Å². The number of β-amino-alcohol motifs (C(OH)–C–C–N with tert-alkyl or cyclic N) is 2. The molecule has 6 aliphatic heterocycles. The molecule has 6 atom stereocenters. The van der Waals surface area contributed by atoms with E-state index in [4.69, 9.17) is 9.98 Å². The van der Waals surface area contributed by atoms with Crippen molar-refractivity contribution in [3.8, 4) is 0 Å². The minimum atomic E-state index is -0.533. The summed E-state index contributed by atoms with van der Waals surface area (Å²) in [6, 6.07) is 37.6. The lowest BCUT2D eigenvalue weighted by molar-refractivity contribution is -0.109. The van der Waals surface area contributed by atoms with Crippen LogP contribution in [0.4, 0.5) is 0 Å². The number of hydrogen-bond donors (Lipinski definition) is 2. The van der Waals surface area contributed by atoms with E-state index in [0.717, 1.165) is 76.1 Å². The Kier molecular flexibility index (Phi) is 11.0. The number of carbonyl (C=O) groups excluding carboxylic acids is 1. The molecule has 60 heavy (non-hydrogen) atoms. The molecule has 6 aliphatic rings. The number of aliphatic hydroxyl groups is 2. The maximum atomic E-state index is 14.5. The summed E-state index contributed by atoms with van der Waals surface area (Å²) >= 11 is 0. The topological polar surface area (TPSA) is 102 Å². The van der Waals surface area contributed by atoms with E-state index < -0.39 is 24.5 Å². The zero-order valence-corrected chi connectivity index (χ0v) is 34.0. The van der Waals surface area contributed by atoms with E-state index in [0.29, 0.717) is 24.5 Å². The molecule has 0 saturated carbocycles. The molecular formula is C49H54N8O3. The van der Waals surface area contributed by atoms with Gasteiger partial charge in [-0.1, -0.05) is 109 Å². The van der Waals surface area contributed by atoms with E-state index >= 15 is 0 Å². The van der Waals surface area contributed by atoms with E-state index in [-0.39, 0.29) is 17.9 Å². The van der Waals surface area contributed by atoms with Gasteiger partial charge in [-0.05, 0) is 71.2 Å². The molecule has 2 fully saturated rings. The number of fused-ring (bicyclic) bond motifs is 2. The van der Waals surface area contributed by atoms with E-state index in [1.165, 1.54) is 22.3 Å². The monoisotopic (exact) mass is 802 g/mol. The molecule has 308 valence electrons. The highest BCUT2D eigenvalue weighted by Gasteiger charge is 2.40. The Bertz CT molecular complexity index is 2140. The van der Waals surface area contributed by atoms with E-state index in [1.807, 2.05) is 73.1 Å². The van der Waals surface area contributed by atoms with Gasteiger partial charge in [0.1, 0.15) is 11.4 Å². The lowest BCUT2D eigenvalue weighted by Gasteiger charge is -2.48. The fourth-order valence-electron chi connectivity index (χ4n) is 10.2. The van der Waals surface area contributed by atoms with Crippen molar-refractivity contribution < 1.29 is 15.0 Å². The lowest BCUT2D eigenvalue weighted by atomic mass is 9.94. The Labute approximate surface area is 352 Å². The van der Waals surface area contributed by atoms with E-state index in [2.05, 4.69) is 78.4 Å². The molecule has 2 saturated heterocycles. The molecule has 0 amide bonds. The van der Waals surface area contributed by atoms with Crippen molar-refractivity contribution in [1.82, 2.24) is 29.8 Å². The van der Waals surface area contributed by atoms with Crippen molar-refractivity contribution in [2.45, 2.75) is 75.4 Å². The molecule has 0 bridgehead atoms. The number of aliphatic imine (C=N–C) groups is 2. The quantitative estimate of drug-likeness (QED) is 0.246. The molecular weight excluding hydrogens is 749 g/mol. The number of carbonyl (C=O) groups is 1. The molecule has 0 aliphatic carbocycles. The van der Waals surface area contributed by atoms with Crippen LogP contribution in [0.3, 0.4) is 0 Å². The summed E-state index contributed by atoms with van der Waals surface area (Å²) < 4.78 is 0. The van der Waals surface area contributed by atoms with Crippen LogP contribution in [0, 0.1) is 0 Å². The minimum absolute atomic E-state index is 0.0786. The minimum Gasteiger partial charge on any atom is -0.390 e. The molecule has 2 N–H and O–H groups in total. The van der Waals surface area contributed by atoms with Crippen LogP contribution in [0.25, 0.3) is 0 Å². The van der Waals surface area contributed by atoms with Gasteiger partial charge in [0.05, 0.1) is 12.2 Å². The number of Topliss-reactive ketones (excluding diaryl/α,β-unsaturated/α-hetero) is 1. The Balaban J connectivity index is 0.850. The summed E-state index contributed by atoms with van der Waals surface area (Å²) in [6.07, 6.45) is 9.11. The largest absolute Gasteiger partial charge is 0.390 e. The molecule has 4 aromatic rings. The highest BCUT2D eigenvalue weighted by atomic mass is 16.3. The Morgan fingerprint density at radius 2 is 0.917 bits per heavy atom. The summed E-state index contributed by atoms with van der Waals surface area (Å²) in [6.45, 7) is 6.07. The van der Waals surface area contributed by atoms with Gasteiger partial charge in [-0.15, -0.1) is 0 Å². The van der Waals surface area contributed by atoms with Crippen LogP contribution in [0.15, 0.2) is 144 Å². The van der Waals surface area contributed by atoms with Crippen molar-refractivity contribution in [2.75, 3.05) is 39.3 Å². The van der Waals surface area contributed by atoms with Crippen LogP contribution >= 0.6 is 0 Å². The van der Waals surface area contributed by atoms with Crippen molar-refractivity contribution in [3.63, 3.8) is 0 Å². The normalized spacial score (nSPS) is 27.8. The van der Waals surface area contributed by atoms with Crippen LogP contribution in [0.2, 0.25) is 0 Å². The average molecular weight is 803 g/mol. The first-order valence-electron chi connectivity index (χ1n) is 21.7. The molecule has 6 heterocycles. The number of aliphatic hydroxyl groups excluding tert-OH is 2. The predicted octanol–water partition coefficient (Wildman–Crippen LogP) is 5.31. The summed E-state index contributed by atoms with van der Waals surface area (Å²) in [5, 5.41) is 31.8. The Hall–Kier alpha value is -5.27. The SMILES string of the molecule is O=C(C1=NC(c2ccccc2)N(N2CC[C@@H](N3CCc4ccccc4C3)[C@H](O)C2)C=C1)C1=NC(c2ccccc2)N(N2CC[C@@H](N3CCc4ccccc4C3)[C@H](O)C2)C=C1. The van der Waals surface area contributed by atoms with Gasteiger partial charge in [-0.2, -0.15) is 0 Å². The number of hydrogen-bond acceptors (Lipinski definition) is 11. The maximum absolute atomic E-state index is 14.5. The summed E-state index contributed by atoms with van der Waals surface area (Å²) in [7, 11) is 0. The molecule has 0 spiro atoms. The highest BCUT2D eigenvalue weighted by molar-refractivity contribution is 6.70. The number of rotatable bonds is 8. The third kappa shape index (κ3) is 7.77. The molecule has 0 radical (unpaired) electrons. The van der Waals surface area contributed by atoms with Gasteiger partial charge in [0.25, 0.3) is 0 Å². The average Bonchev–Trinajstić information content (AvgIpc) is 3.31. The first-order chi connectivity index (χ1) is 29.5. The lowest BCUT2D eigenvalue weighted by Crippen LogP contribution is -2.58. The van der Waals surface area contributed by atoms with Crippen LogP contribution < -0.4 is 0 Å². The Morgan fingerprint density at radius 1 is 0.517 bits per heavy atom. The van der Waals surface area contributed by atoms with Crippen LogP contribution in [-0.4, -0.2) is 121 Å². The first-order valence-corrected chi connectivity index (χ1v) is 21.7. The third-order valence-corrected chi connectivity index (χ3v) is 13.4. The van der Waals surface area contributed by atoms with Crippen molar-refractivity contribution in [1.29, 1.82) is 0 Å². The summed E-state index contributed by atoms with van der Waals surface area (Å²) in [5.74, 6) is -0.239. The zero-order chi connectivity index (χ0) is 40.6. The number of allylic oxidation sites excluding steroid dienone is 2. The van der Waals surface area contributed by atoms with Gasteiger partial charge >= 0.3 is 0 Å². The van der Waals surface area contributed by atoms with Gasteiger partial charge in [-0.3, -0.25) is 34.6 Å². The predicted molar refractivity (Wildman–Crippen MR) is 233 cm³/mol. The fourth-order valence-corrected chi connectivity index (χ4v) is 10.2. The Morgan fingerprint density at radius 3 is 1.33 bits per heavy atom. The van der Waals surface area contributed by atoms with Gasteiger partial charge in [0.15, 0.2) is 12.3 Å². The number of ketones is 1. The number of hydrazine groups is 2. The van der Waals surface area contributed by atoms with Crippen LogP contribution in [0.5, 0.6) is 0 Å². The van der Waals surface area contributed by atoms with Crippen molar-refractivity contribution >= 4 is 17.2 Å². The summed E-state index contributed by atoms with van der Waals surface area (Å²) in [4.78, 5) is 29.6.